The van der Waals surface area contributed by atoms with Gasteiger partial charge in [-0.05, 0) is 24.6 Å². The van der Waals surface area contributed by atoms with E-state index in [4.69, 9.17) is 11.6 Å². The van der Waals surface area contributed by atoms with Crippen LogP contribution in [0.25, 0.3) is 16.7 Å². The number of aromatic nitrogens is 4. The van der Waals surface area contributed by atoms with Gasteiger partial charge in [-0.1, -0.05) is 36.4 Å². The van der Waals surface area contributed by atoms with Crippen molar-refractivity contribution in [3.63, 3.8) is 0 Å². The van der Waals surface area contributed by atoms with E-state index in [9.17, 15) is 9.59 Å². The van der Waals surface area contributed by atoms with Crippen molar-refractivity contribution in [2.24, 2.45) is 0 Å². The summed E-state index contributed by atoms with van der Waals surface area (Å²) in [5.74, 6) is 0.0812. The predicted octanol–water partition coefficient (Wildman–Crippen LogP) is 2.38. The Morgan fingerprint density at radius 2 is 2.28 bits per heavy atom. The van der Waals surface area contributed by atoms with Crippen LogP contribution in [0.15, 0.2) is 40.4 Å². The van der Waals surface area contributed by atoms with Crippen LogP contribution in [0.3, 0.4) is 0 Å². The van der Waals surface area contributed by atoms with E-state index in [0.29, 0.717) is 33.4 Å². The van der Waals surface area contributed by atoms with Crippen LogP contribution < -0.4 is 10.9 Å². The van der Waals surface area contributed by atoms with Crippen molar-refractivity contribution >= 4 is 40.3 Å². The number of fused-ring (bicyclic) bond motifs is 1. The molecule has 0 saturated carbocycles. The first-order valence-electron chi connectivity index (χ1n) is 7.72. The summed E-state index contributed by atoms with van der Waals surface area (Å²) in [4.78, 5) is 31.1. The highest BCUT2D eigenvalue weighted by atomic mass is 35.5. The Morgan fingerprint density at radius 3 is 3.04 bits per heavy atom. The van der Waals surface area contributed by atoms with E-state index in [0.717, 1.165) is 6.42 Å². The average molecular weight is 378 g/mol. The molecule has 0 spiro atoms. The third-order valence-corrected chi connectivity index (χ3v) is 4.49. The lowest BCUT2D eigenvalue weighted by Crippen LogP contribution is -2.25. The maximum atomic E-state index is 12.2. The molecule has 0 radical (unpaired) electrons. The summed E-state index contributed by atoms with van der Waals surface area (Å²) in [6.07, 6.45) is 2.33. The molecule has 0 aliphatic heterocycles. The maximum Gasteiger partial charge on any atom is 0.262 e. The standard InChI is InChI=1S/C16H16ClN5O2S/c1-2-6-18-13(23)9-25-16-20-14-12(15(24)21-16)8-19-22(14)11-5-3-4-10(17)7-11/h3-5,7-8H,2,6,9H2,1H3,(H,18,23)(H,20,21,24). The van der Waals surface area contributed by atoms with E-state index in [-0.39, 0.29) is 17.2 Å². The van der Waals surface area contributed by atoms with E-state index >= 15 is 0 Å². The van der Waals surface area contributed by atoms with Gasteiger partial charge in [0.05, 0.1) is 17.6 Å². The van der Waals surface area contributed by atoms with Crippen molar-refractivity contribution in [2.75, 3.05) is 12.3 Å². The molecule has 25 heavy (non-hydrogen) atoms. The number of thioether (sulfide) groups is 1. The van der Waals surface area contributed by atoms with Crippen LogP contribution in [-0.2, 0) is 4.79 Å². The Bertz CT molecular complexity index is 969. The third kappa shape index (κ3) is 4.02. The number of amides is 1. The van der Waals surface area contributed by atoms with Crippen LogP contribution in [0.2, 0.25) is 5.02 Å². The van der Waals surface area contributed by atoms with Gasteiger partial charge in [0, 0.05) is 11.6 Å². The Balaban J connectivity index is 1.91. The number of aromatic amines is 1. The van der Waals surface area contributed by atoms with Crippen molar-refractivity contribution in [2.45, 2.75) is 18.5 Å². The normalized spacial score (nSPS) is 11.0. The van der Waals surface area contributed by atoms with Crippen molar-refractivity contribution in [3.8, 4) is 5.69 Å². The average Bonchev–Trinajstić information content (AvgIpc) is 3.02. The number of nitrogens with zero attached hydrogens (tertiary/aromatic N) is 3. The number of halogens is 1. The van der Waals surface area contributed by atoms with E-state index in [1.54, 1.807) is 22.9 Å². The first-order valence-corrected chi connectivity index (χ1v) is 9.08. The summed E-state index contributed by atoms with van der Waals surface area (Å²) < 4.78 is 1.55. The number of benzene rings is 1. The molecular weight excluding hydrogens is 362 g/mol. The molecule has 7 nitrogen and oxygen atoms in total. The highest BCUT2D eigenvalue weighted by Crippen LogP contribution is 2.19. The van der Waals surface area contributed by atoms with Gasteiger partial charge in [0.2, 0.25) is 5.91 Å². The fraction of sp³-hybridized carbons (Fsp3) is 0.250. The fourth-order valence-electron chi connectivity index (χ4n) is 2.21. The number of hydrogen-bond acceptors (Lipinski definition) is 5. The molecule has 130 valence electrons. The molecule has 0 aliphatic carbocycles. The Labute approximate surface area is 152 Å². The minimum atomic E-state index is -0.297. The Kier molecular flexibility index (Phi) is 5.40. The van der Waals surface area contributed by atoms with Crippen LogP contribution in [0.1, 0.15) is 13.3 Å². The number of rotatable bonds is 6. The second-order valence-corrected chi connectivity index (χ2v) is 6.68. The quantitative estimate of drug-likeness (QED) is 0.508. The van der Waals surface area contributed by atoms with Crippen molar-refractivity contribution in [1.29, 1.82) is 0 Å². The largest absolute Gasteiger partial charge is 0.355 e. The summed E-state index contributed by atoms with van der Waals surface area (Å²) in [5, 5.41) is 8.32. The molecule has 0 atom stereocenters. The van der Waals surface area contributed by atoms with Crippen molar-refractivity contribution in [1.82, 2.24) is 25.1 Å². The molecule has 2 N–H and O–H groups in total. The molecule has 0 bridgehead atoms. The maximum absolute atomic E-state index is 12.2. The monoisotopic (exact) mass is 377 g/mol. The Morgan fingerprint density at radius 1 is 1.44 bits per heavy atom. The summed E-state index contributed by atoms with van der Waals surface area (Å²) in [5.41, 5.74) is 0.828. The molecule has 9 heteroatoms. The molecule has 0 saturated heterocycles. The molecule has 3 rings (SSSR count). The SMILES string of the molecule is CCCNC(=O)CSc1nc2c(cnn2-c2cccc(Cl)c2)c(=O)[nH]1. The number of H-pyrrole nitrogens is 1. The lowest BCUT2D eigenvalue weighted by molar-refractivity contribution is -0.118. The van der Waals surface area contributed by atoms with Gasteiger partial charge in [-0.15, -0.1) is 0 Å². The lowest BCUT2D eigenvalue weighted by Gasteiger charge is -2.05. The van der Waals surface area contributed by atoms with Crippen molar-refractivity contribution < 1.29 is 4.79 Å². The van der Waals surface area contributed by atoms with Gasteiger partial charge in [-0.2, -0.15) is 5.10 Å². The third-order valence-electron chi connectivity index (χ3n) is 3.38. The highest BCUT2D eigenvalue weighted by Gasteiger charge is 2.13. The highest BCUT2D eigenvalue weighted by molar-refractivity contribution is 7.99. The number of hydrogen-bond donors (Lipinski definition) is 2. The summed E-state index contributed by atoms with van der Waals surface area (Å²) >= 11 is 7.20. The Hall–Kier alpha value is -2.32. The minimum absolute atomic E-state index is 0.0991. The van der Waals surface area contributed by atoms with E-state index in [1.807, 2.05) is 13.0 Å². The van der Waals surface area contributed by atoms with Crippen LogP contribution in [0, 0.1) is 0 Å². The smallest absolute Gasteiger partial charge is 0.262 e. The summed E-state index contributed by atoms with van der Waals surface area (Å²) in [6.45, 7) is 2.61. The molecule has 1 aromatic carbocycles. The predicted molar refractivity (Wildman–Crippen MR) is 98.5 cm³/mol. The molecule has 2 heterocycles. The van der Waals surface area contributed by atoms with Gasteiger partial charge in [-0.25, -0.2) is 9.67 Å². The molecule has 1 amide bonds. The van der Waals surface area contributed by atoms with Gasteiger partial charge < -0.3 is 10.3 Å². The topological polar surface area (TPSA) is 92.7 Å². The number of nitrogens with one attached hydrogen (secondary N) is 2. The lowest BCUT2D eigenvalue weighted by atomic mass is 10.3. The minimum Gasteiger partial charge on any atom is -0.355 e. The van der Waals surface area contributed by atoms with Gasteiger partial charge in [0.15, 0.2) is 10.8 Å². The van der Waals surface area contributed by atoms with Crippen LogP contribution in [0.4, 0.5) is 0 Å². The molecular formula is C16H16ClN5O2S. The molecule has 0 fully saturated rings. The van der Waals surface area contributed by atoms with E-state index in [2.05, 4.69) is 20.4 Å². The van der Waals surface area contributed by atoms with Gasteiger partial charge in [-0.3, -0.25) is 9.59 Å². The van der Waals surface area contributed by atoms with Gasteiger partial charge in [0.25, 0.3) is 5.56 Å². The first kappa shape index (κ1) is 17.5. The summed E-state index contributed by atoms with van der Waals surface area (Å²) in [7, 11) is 0. The van der Waals surface area contributed by atoms with Gasteiger partial charge >= 0.3 is 0 Å². The first-order chi connectivity index (χ1) is 12.1. The van der Waals surface area contributed by atoms with Crippen LogP contribution >= 0.6 is 23.4 Å². The second-order valence-electron chi connectivity index (χ2n) is 5.28. The second kappa shape index (κ2) is 7.71. The molecule has 2 aromatic heterocycles. The van der Waals surface area contributed by atoms with Crippen LogP contribution in [0.5, 0.6) is 0 Å². The molecule has 0 unspecified atom stereocenters. The van der Waals surface area contributed by atoms with E-state index < -0.39 is 0 Å². The van der Waals surface area contributed by atoms with Gasteiger partial charge in [0.1, 0.15) is 5.39 Å². The van der Waals surface area contributed by atoms with Crippen molar-refractivity contribution in [3.05, 3.63) is 45.8 Å². The summed E-state index contributed by atoms with van der Waals surface area (Å²) in [6, 6.07) is 7.12. The number of carbonyl (C=O) groups is 1. The van der Waals surface area contributed by atoms with Crippen LogP contribution in [-0.4, -0.2) is 38.0 Å². The zero-order valence-electron chi connectivity index (χ0n) is 13.5. The van der Waals surface area contributed by atoms with E-state index in [1.165, 1.54) is 18.0 Å². The molecule has 3 aromatic rings. The zero-order chi connectivity index (χ0) is 17.8. The molecule has 0 aliphatic rings. The zero-order valence-corrected chi connectivity index (χ0v) is 15.0. The number of carbonyl (C=O) groups excluding carboxylic acids is 1. The fourth-order valence-corrected chi connectivity index (χ4v) is 3.08.